The number of hydrogen-bond donors (Lipinski definition) is 2. The molecule has 0 saturated carbocycles. The molecule has 0 saturated heterocycles. The number of nitrogens with zero attached hydrogens (tertiary/aromatic N) is 1. The molecule has 30 heavy (non-hydrogen) atoms. The number of aryl methyl sites for hydroxylation is 1. The van der Waals surface area contributed by atoms with Crippen molar-refractivity contribution in [3.63, 3.8) is 0 Å². The number of fused-ring (bicyclic) bond motifs is 1. The summed E-state index contributed by atoms with van der Waals surface area (Å²) in [5.74, 6) is -0.689. The first-order valence-electron chi connectivity index (χ1n) is 8.81. The van der Waals surface area contributed by atoms with Crippen LogP contribution < -0.4 is 10.7 Å². The number of alkyl halides is 3. The highest BCUT2D eigenvalue weighted by molar-refractivity contribution is 7.16. The van der Waals surface area contributed by atoms with E-state index in [1.165, 1.54) is 11.3 Å². The molecule has 0 radical (unpaired) electrons. The van der Waals surface area contributed by atoms with Gasteiger partial charge in [-0.15, -0.1) is 11.3 Å². The van der Waals surface area contributed by atoms with Crippen molar-refractivity contribution >= 4 is 33.3 Å². The maximum absolute atomic E-state index is 12.9. The van der Waals surface area contributed by atoms with Crippen LogP contribution in [0.15, 0.2) is 59.5 Å². The van der Waals surface area contributed by atoms with E-state index in [9.17, 15) is 22.8 Å². The summed E-state index contributed by atoms with van der Waals surface area (Å²) >= 11 is 1.27. The van der Waals surface area contributed by atoms with Crippen LogP contribution >= 0.6 is 11.3 Å². The van der Waals surface area contributed by atoms with Gasteiger partial charge in [0, 0.05) is 27.5 Å². The monoisotopic (exact) mass is 429 g/mol. The molecule has 0 aliphatic heterocycles. The topological polar surface area (TPSA) is 74.8 Å². The van der Waals surface area contributed by atoms with Gasteiger partial charge in [0.25, 0.3) is 5.91 Å². The lowest BCUT2D eigenvalue weighted by Gasteiger charge is -2.08. The summed E-state index contributed by atoms with van der Waals surface area (Å²) in [6, 6.07) is 12.2. The fourth-order valence-electron chi connectivity index (χ4n) is 3.05. The van der Waals surface area contributed by atoms with Crippen LogP contribution in [-0.4, -0.2) is 15.9 Å². The predicted molar refractivity (Wildman–Crippen MR) is 110 cm³/mol. The Hall–Kier alpha value is -3.46. The highest BCUT2D eigenvalue weighted by Crippen LogP contribution is 2.31. The van der Waals surface area contributed by atoms with E-state index in [0.29, 0.717) is 5.13 Å². The molecule has 152 valence electrons. The van der Waals surface area contributed by atoms with Crippen molar-refractivity contribution in [2.24, 2.45) is 0 Å². The summed E-state index contributed by atoms with van der Waals surface area (Å²) in [6.07, 6.45) is -3.42. The molecule has 5 nitrogen and oxygen atoms in total. The SMILES string of the molecule is Cc1sc(NC(=O)c2c[nH]c3cc(C(F)(F)F)ccc3c2=O)nc1-c1ccccc1. The Labute approximate surface area is 172 Å². The minimum absolute atomic E-state index is 0.00262. The van der Waals surface area contributed by atoms with Gasteiger partial charge in [0.05, 0.1) is 11.3 Å². The number of hydrogen-bond acceptors (Lipinski definition) is 4. The molecule has 2 aromatic carbocycles. The molecule has 4 aromatic rings. The number of aromatic nitrogens is 2. The zero-order valence-electron chi connectivity index (χ0n) is 15.5. The molecule has 2 aromatic heterocycles. The molecule has 0 fully saturated rings. The summed E-state index contributed by atoms with van der Waals surface area (Å²) in [7, 11) is 0. The third-order valence-corrected chi connectivity index (χ3v) is 5.40. The van der Waals surface area contributed by atoms with Gasteiger partial charge in [0.15, 0.2) is 5.13 Å². The lowest BCUT2D eigenvalue weighted by Crippen LogP contribution is -2.22. The highest BCUT2D eigenvalue weighted by Gasteiger charge is 2.30. The molecule has 0 bridgehead atoms. The quantitative estimate of drug-likeness (QED) is 0.468. The van der Waals surface area contributed by atoms with Crippen LogP contribution in [0.4, 0.5) is 18.3 Å². The molecule has 2 N–H and O–H groups in total. The molecule has 0 unspecified atom stereocenters. The Morgan fingerprint density at radius 1 is 1.13 bits per heavy atom. The number of amides is 1. The molecule has 2 heterocycles. The van der Waals surface area contributed by atoms with Crippen LogP contribution in [0.5, 0.6) is 0 Å². The van der Waals surface area contributed by atoms with Gasteiger partial charge >= 0.3 is 6.18 Å². The summed E-state index contributed by atoms with van der Waals surface area (Å²) in [6.45, 7) is 1.87. The van der Waals surface area contributed by atoms with E-state index in [0.717, 1.165) is 40.5 Å². The van der Waals surface area contributed by atoms with Crippen molar-refractivity contribution in [1.82, 2.24) is 9.97 Å². The van der Waals surface area contributed by atoms with Gasteiger partial charge in [-0.2, -0.15) is 13.2 Å². The number of benzene rings is 2. The normalized spacial score (nSPS) is 11.6. The second-order valence-corrected chi connectivity index (χ2v) is 7.74. The fraction of sp³-hybridized carbons (Fsp3) is 0.0952. The summed E-state index contributed by atoms with van der Waals surface area (Å²) in [4.78, 5) is 33.2. The number of aromatic amines is 1. The van der Waals surface area contributed by atoms with E-state index in [4.69, 9.17) is 0 Å². The number of pyridine rings is 1. The third-order valence-electron chi connectivity index (χ3n) is 4.52. The largest absolute Gasteiger partial charge is 0.416 e. The van der Waals surface area contributed by atoms with Crippen LogP contribution in [0.3, 0.4) is 0 Å². The fourth-order valence-corrected chi connectivity index (χ4v) is 3.88. The number of carbonyl (C=O) groups excluding carboxylic acids is 1. The Kier molecular flexibility index (Phi) is 4.90. The van der Waals surface area contributed by atoms with Gasteiger partial charge in [-0.05, 0) is 25.1 Å². The van der Waals surface area contributed by atoms with Gasteiger partial charge < -0.3 is 4.98 Å². The Morgan fingerprint density at radius 2 is 1.87 bits per heavy atom. The van der Waals surface area contributed by atoms with Gasteiger partial charge in [-0.3, -0.25) is 14.9 Å². The summed E-state index contributed by atoms with van der Waals surface area (Å²) in [5.41, 5.74) is -0.126. The lowest BCUT2D eigenvalue weighted by atomic mass is 10.1. The Balaban J connectivity index is 1.64. The Bertz CT molecular complexity index is 1310. The first-order valence-corrected chi connectivity index (χ1v) is 9.62. The van der Waals surface area contributed by atoms with Crippen LogP contribution in [0.25, 0.3) is 22.2 Å². The molecule has 0 aliphatic rings. The van der Waals surface area contributed by atoms with Crippen molar-refractivity contribution in [1.29, 1.82) is 0 Å². The number of rotatable bonds is 3. The number of halogens is 3. The van der Waals surface area contributed by atoms with Crippen molar-refractivity contribution in [2.75, 3.05) is 5.32 Å². The minimum Gasteiger partial charge on any atom is -0.360 e. The van der Waals surface area contributed by atoms with Gasteiger partial charge in [-0.25, -0.2) is 4.98 Å². The van der Waals surface area contributed by atoms with Crippen molar-refractivity contribution in [2.45, 2.75) is 13.1 Å². The summed E-state index contributed by atoms with van der Waals surface area (Å²) < 4.78 is 38.6. The second kappa shape index (κ2) is 7.42. The third kappa shape index (κ3) is 3.71. The van der Waals surface area contributed by atoms with Crippen LogP contribution in [0, 0.1) is 6.92 Å². The zero-order valence-corrected chi connectivity index (χ0v) is 16.3. The zero-order chi connectivity index (χ0) is 21.5. The molecule has 4 rings (SSSR count). The van der Waals surface area contributed by atoms with Crippen LogP contribution in [0.2, 0.25) is 0 Å². The van der Waals surface area contributed by atoms with E-state index in [-0.39, 0.29) is 16.5 Å². The molecule has 9 heteroatoms. The first kappa shape index (κ1) is 19.8. The minimum atomic E-state index is -4.53. The number of carbonyl (C=O) groups is 1. The first-order chi connectivity index (χ1) is 14.2. The summed E-state index contributed by atoms with van der Waals surface area (Å²) in [5, 5.41) is 2.92. The van der Waals surface area contributed by atoms with Crippen molar-refractivity contribution in [3.8, 4) is 11.3 Å². The van der Waals surface area contributed by atoms with Gasteiger partial charge in [0.2, 0.25) is 5.43 Å². The van der Waals surface area contributed by atoms with Crippen LogP contribution in [0.1, 0.15) is 20.8 Å². The van der Waals surface area contributed by atoms with E-state index in [1.807, 2.05) is 37.3 Å². The molecule has 0 aliphatic carbocycles. The lowest BCUT2D eigenvalue weighted by molar-refractivity contribution is -0.137. The average molecular weight is 429 g/mol. The van der Waals surface area contributed by atoms with E-state index < -0.39 is 23.1 Å². The molecule has 1 amide bonds. The molecule has 0 atom stereocenters. The molecular formula is C21H14F3N3O2S. The molecular weight excluding hydrogens is 415 g/mol. The van der Waals surface area contributed by atoms with Crippen LogP contribution in [-0.2, 0) is 6.18 Å². The maximum atomic E-state index is 12.9. The molecule has 0 spiro atoms. The van der Waals surface area contributed by atoms with E-state index in [2.05, 4.69) is 15.3 Å². The van der Waals surface area contributed by atoms with Gasteiger partial charge in [0.1, 0.15) is 5.56 Å². The second-order valence-electron chi connectivity index (χ2n) is 6.53. The smallest absolute Gasteiger partial charge is 0.360 e. The highest BCUT2D eigenvalue weighted by atomic mass is 32.1. The van der Waals surface area contributed by atoms with E-state index >= 15 is 0 Å². The number of H-pyrrole nitrogens is 1. The van der Waals surface area contributed by atoms with Gasteiger partial charge in [-0.1, -0.05) is 30.3 Å². The number of nitrogens with one attached hydrogen (secondary N) is 2. The number of anilines is 1. The van der Waals surface area contributed by atoms with Crippen molar-refractivity contribution in [3.05, 3.63) is 81.0 Å². The Morgan fingerprint density at radius 3 is 2.57 bits per heavy atom. The predicted octanol–water partition coefficient (Wildman–Crippen LogP) is 5.23. The maximum Gasteiger partial charge on any atom is 0.416 e. The van der Waals surface area contributed by atoms with Crippen molar-refractivity contribution < 1.29 is 18.0 Å². The average Bonchev–Trinajstić information content (AvgIpc) is 3.08. The number of thiazole rings is 1. The van der Waals surface area contributed by atoms with E-state index in [1.54, 1.807) is 0 Å². The standard InChI is InChI=1S/C21H14F3N3O2S/c1-11-17(12-5-3-2-4-6-12)26-20(30-11)27-19(29)15-10-25-16-9-13(21(22,23)24)7-8-14(16)18(15)28/h2-10H,1H3,(H,25,28)(H,26,27,29).